The average Bonchev–Trinajstić information content (AvgIpc) is 3.03. The lowest BCUT2D eigenvalue weighted by Crippen LogP contribution is -2.37. The van der Waals surface area contributed by atoms with Crippen LogP contribution >= 0.6 is 24.0 Å². The van der Waals surface area contributed by atoms with Gasteiger partial charge in [-0.1, -0.05) is 6.07 Å². The van der Waals surface area contributed by atoms with Crippen molar-refractivity contribution in [2.45, 2.75) is 33.2 Å². The molecule has 0 aliphatic carbocycles. The fraction of sp³-hybridized carbons (Fsp3) is 0.588. The van der Waals surface area contributed by atoms with Crippen LogP contribution in [0.1, 0.15) is 32.3 Å². The highest BCUT2D eigenvalue weighted by molar-refractivity contribution is 14.0. The standard InChI is InChI=1S/C17H27N3O3.HI/c1-3-18-17(19-9-5-6-10-21-4-2)20-12-14-7-8-15-16(11-14)23-13-22-15;/h7-8,11H,3-6,9-10,12-13H2,1-2H3,(H2,18,19,20);1H. The van der Waals surface area contributed by atoms with Gasteiger partial charge in [-0.2, -0.15) is 0 Å². The van der Waals surface area contributed by atoms with Crippen LogP contribution in [0, 0.1) is 0 Å². The van der Waals surface area contributed by atoms with E-state index in [0.717, 1.165) is 62.2 Å². The molecule has 136 valence electrons. The van der Waals surface area contributed by atoms with E-state index in [2.05, 4.69) is 22.5 Å². The Bertz CT molecular complexity index is 512. The Labute approximate surface area is 161 Å². The van der Waals surface area contributed by atoms with E-state index in [-0.39, 0.29) is 24.0 Å². The molecule has 1 aromatic rings. The molecular formula is C17H28IN3O3. The third-order valence-corrected chi connectivity index (χ3v) is 3.41. The van der Waals surface area contributed by atoms with Crippen LogP contribution < -0.4 is 20.1 Å². The predicted octanol–water partition coefficient (Wildman–Crippen LogP) is 2.91. The largest absolute Gasteiger partial charge is 0.454 e. The van der Waals surface area contributed by atoms with Gasteiger partial charge in [-0.05, 0) is 44.4 Å². The monoisotopic (exact) mass is 449 g/mol. The zero-order valence-corrected chi connectivity index (χ0v) is 16.8. The van der Waals surface area contributed by atoms with Gasteiger partial charge in [0.2, 0.25) is 6.79 Å². The summed E-state index contributed by atoms with van der Waals surface area (Å²) >= 11 is 0. The molecule has 2 N–H and O–H groups in total. The average molecular weight is 449 g/mol. The van der Waals surface area contributed by atoms with Crippen molar-refractivity contribution in [2.24, 2.45) is 4.99 Å². The molecule has 0 saturated heterocycles. The summed E-state index contributed by atoms with van der Waals surface area (Å²) in [5.74, 6) is 2.44. The molecule has 0 amide bonds. The number of ether oxygens (including phenoxy) is 3. The van der Waals surface area contributed by atoms with E-state index in [0.29, 0.717) is 13.3 Å². The Morgan fingerprint density at radius 3 is 2.79 bits per heavy atom. The van der Waals surface area contributed by atoms with Gasteiger partial charge in [0.1, 0.15) is 0 Å². The van der Waals surface area contributed by atoms with Crippen LogP contribution in [0.4, 0.5) is 0 Å². The molecule has 0 atom stereocenters. The van der Waals surface area contributed by atoms with Crippen molar-refractivity contribution in [3.8, 4) is 11.5 Å². The summed E-state index contributed by atoms with van der Waals surface area (Å²) in [5, 5.41) is 6.61. The van der Waals surface area contributed by atoms with Crippen LogP contribution in [0.2, 0.25) is 0 Å². The van der Waals surface area contributed by atoms with Gasteiger partial charge in [0.05, 0.1) is 6.54 Å². The SMILES string of the molecule is CCNC(=NCc1ccc2c(c1)OCO2)NCCCCOCC.I. The van der Waals surface area contributed by atoms with E-state index < -0.39 is 0 Å². The maximum Gasteiger partial charge on any atom is 0.231 e. The Morgan fingerprint density at radius 1 is 1.17 bits per heavy atom. The van der Waals surface area contributed by atoms with Crippen molar-refractivity contribution >= 4 is 29.9 Å². The number of guanidine groups is 1. The van der Waals surface area contributed by atoms with E-state index in [1.165, 1.54) is 0 Å². The van der Waals surface area contributed by atoms with Crippen molar-refractivity contribution in [3.63, 3.8) is 0 Å². The Morgan fingerprint density at radius 2 is 2.00 bits per heavy atom. The van der Waals surface area contributed by atoms with Crippen molar-refractivity contribution in [3.05, 3.63) is 23.8 Å². The second-order valence-corrected chi connectivity index (χ2v) is 5.21. The molecule has 7 heteroatoms. The van der Waals surface area contributed by atoms with Gasteiger partial charge in [0, 0.05) is 26.3 Å². The van der Waals surface area contributed by atoms with Crippen molar-refractivity contribution < 1.29 is 14.2 Å². The molecule has 1 heterocycles. The number of unbranched alkanes of at least 4 members (excludes halogenated alkanes) is 1. The second kappa shape index (κ2) is 12.2. The minimum absolute atomic E-state index is 0. The summed E-state index contributed by atoms with van der Waals surface area (Å²) in [6, 6.07) is 5.93. The molecule has 1 aliphatic heterocycles. The smallest absolute Gasteiger partial charge is 0.231 e. The summed E-state index contributed by atoms with van der Waals surface area (Å²) in [6.07, 6.45) is 2.12. The third kappa shape index (κ3) is 7.12. The number of rotatable bonds is 9. The fourth-order valence-corrected chi connectivity index (χ4v) is 2.23. The normalized spacial score (nSPS) is 12.7. The first-order valence-electron chi connectivity index (χ1n) is 8.32. The highest BCUT2D eigenvalue weighted by Gasteiger charge is 2.12. The molecule has 0 bridgehead atoms. The summed E-state index contributed by atoms with van der Waals surface area (Å²) in [6.45, 7) is 8.32. The highest BCUT2D eigenvalue weighted by atomic mass is 127. The quantitative estimate of drug-likeness (QED) is 0.263. The van der Waals surface area contributed by atoms with E-state index in [9.17, 15) is 0 Å². The summed E-state index contributed by atoms with van der Waals surface area (Å²) in [7, 11) is 0. The molecule has 0 spiro atoms. The lowest BCUT2D eigenvalue weighted by molar-refractivity contribution is 0.143. The topological polar surface area (TPSA) is 64.1 Å². The lowest BCUT2D eigenvalue weighted by atomic mass is 10.2. The Kier molecular flexibility index (Phi) is 10.6. The minimum atomic E-state index is 0. The first-order chi connectivity index (χ1) is 11.3. The Hall–Kier alpha value is -1.22. The van der Waals surface area contributed by atoms with Crippen LogP contribution in [0.15, 0.2) is 23.2 Å². The highest BCUT2D eigenvalue weighted by Crippen LogP contribution is 2.32. The zero-order valence-electron chi connectivity index (χ0n) is 14.5. The summed E-state index contributed by atoms with van der Waals surface area (Å²) in [4.78, 5) is 4.61. The summed E-state index contributed by atoms with van der Waals surface area (Å²) < 4.78 is 16.0. The van der Waals surface area contributed by atoms with Gasteiger partial charge in [-0.25, -0.2) is 4.99 Å². The number of nitrogens with zero attached hydrogens (tertiary/aromatic N) is 1. The lowest BCUT2D eigenvalue weighted by Gasteiger charge is -2.11. The van der Waals surface area contributed by atoms with Gasteiger partial charge < -0.3 is 24.8 Å². The maximum absolute atomic E-state index is 5.39. The molecule has 0 aromatic heterocycles. The number of nitrogens with one attached hydrogen (secondary N) is 2. The molecule has 24 heavy (non-hydrogen) atoms. The van der Waals surface area contributed by atoms with Gasteiger partial charge in [-0.15, -0.1) is 24.0 Å². The minimum Gasteiger partial charge on any atom is -0.454 e. The predicted molar refractivity (Wildman–Crippen MR) is 107 cm³/mol. The fourth-order valence-electron chi connectivity index (χ4n) is 2.23. The van der Waals surface area contributed by atoms with Gasteiger partial charge in [-0.3, -0.25) is 0 Å². The molecule has 1 aliphatic rings. The van der Waals surface area contributed by atoms with E-state index in [1.54, 1.807) is 0 Å². The van der Waals surface area contributed by atoms with Crippen LogP contribution in [-0.2, 0) is 11.3 Å². The first-order valence-corrected chi connectivity index (χ1v) is 8.32. The number of fused-ring (bicyclic) bond motifs is 1. The Balaban J connectivity index is 0.00000288. The molecule has 0 radical (unpaired) electrons. The van der Waals surface area contributed by atoms with Crippen LogP contribution in [0.5, 0.6) is 11.5 Å². The van der Waals surface area contributed by atoms with E-state index in [4.69, 9.17) is 14.2 Å². The number of benzene rings is 1. The van der Waals surface area contributed by atoms with Gasteiger partial charge in [0.15, 0.2) is 17.5 Å². The van der Waals surface area contributed by atoms with Crippen molar-refractivity contribution in [1.82, 2.24) is 10.6 Å². The number of halogens is 1. The molecule has 0 saturated carbocycles. The first kappa shape index (κ1) is 20.8. The molecule has 0 unspecified atom stereocenters. The number of hydrogen-bond acceptors (Lipinski definition) is 4. The van der Waals surface area contributed by atoms with Gasteiger partial charge in [0.25, 0.3) is 0 Å². The van der Waals surface area contributed by atoms with E-state index in [1.807, 2.05) is 25.1 Å². The second-order valence-electron chi connectivity index (χ2n) is 5.21. The molecule has 6 nitrogen and oxygen atoms in total. The van der Waals surface area contributed by atoms with E-state index >= 15 is 0 Å². The van der Waals surface area contributed by atoms with Gasteiger partial charge >= 0.3 is 0 Å². The maximum atomic E-state index is 5.39. The van der Waals surface area contributed by atoms with Crippen LogP contribution in [0.3, 0.4) is 0 Å². The number of hydrogen-bond donors (Lipinski definition) is 2. The number of aliphatic imine (C=N–C) groups is 1. The summed E-state index contributed by atoms with van der Waals surface area (Å²) in [5.41, 5.74) is 1.10. The van der Waals surface area contributed by atoms with Crippen LogP contribution in [0.25, 0.3) is 0 Å². The molecule has 2 rings (SSSR count). The third-order valence-electron chi connectivity index (χ3n) is 3.41. The molecule has 0 fully saturated rings. The van der Waals surface area contributed by atoms with Crippen molar-refractivity contribution in [1.29, 1.82) is 0 Å². The molecule has 1 aromatic carbocycles. The van der Waals surface area contributed by atoms with Crippen LogP contribution in [-0.4, -0.2) is 39.1 Å². The zero-order chi connectivity index (χ0) is 16.3. The van der Waals surface area contributed by atoms with Crippen molar-refractivity contribution in [2.75, 3.05) is 33.1 Å². The molecular weight excluding hydrogens is 421 g/mol.